The number of carbonyl (C=O) groups is 1. The van der Waals surface area contributed by atoms with E-state index < -0.39 is 0 Å². The molecule has 0 unspecified atom stereocenters. The minimum atomic E-state index is -0.334. The minimum absolute atomic E-state index is 0.334. The highest BCUT2D eigenvalue weighted by molar-refractivity contribution is 7.13. The average Bonchev–Trinajstić information content (AvgIpc) is 2.95. The maximum atomic E-state index is 11.5. The van der Waals surface area contributed by atoms with Gasteiger partial charge in [-0.15, -0.1) is 11.3 Å². The van der Waals surface area contributed by atoms with E-state index in [-0.39, 0.29) is 5.97 Å². The molecule has 2 fully saturated rings. The lowest BCUT2D eigenvalue weighted by atomic mass is 9.78. The second kappa shape index (κ2) is 5.49. The Hall–Kier alpha value is -1.10. The van der Waals surface area contributed by atoms with Crippen molar-refractivity contribution in [2.24, 2.45) is 5.92 Å². The van der Waals surface area contributed by atoms with Gasteiger partial charge in [-0.05, 0) is 31.6 Å². The molecule has 5 heteroatoms. The first kappa shape index (κ1) is 12.9. The van der Waals surface area contributed by atoms with Crippen molar-refractivity contribution in [3.8, 4) is 0 Å². The molecule has 0 aromatic carbocycles. The van der Waals surface area contributed by atoms with Gasteiger partial charge in [-0.1, -0.05) is 12.8 Å². The van der Waals surface area contributed by atoms with Crippen LogP contribution in [0.3, 0.4) is 0 Å². The molecule has 0 amide bonds. The molecule has 3 rings (SSSR count). The van der Waals surface area contributed by atoms with Crippen LogP contribution in [0.5, 0.6) is 0 Å². The number of nitrogens with zero attached hydrogens (tertiary/aromatic N) is 2. The van der Waals surface area contributed by atoms with Crippen molar-refractivity contribution in [1.29, 1.82) is 0 Å². The Morgan fingerprint density at radius 3 is 3.00 bits per heavy atom. The quantitative estimate of drug-likeness (QED) is 0.781. The predicted octanol–water partition coefficient (Wildman–Crippen LogP) is 3.09. The lowest BCUT2D eigenvalue weighted by molar-refractivity contribution is 0.0595. The molecule has 4 nitrogen and oxygen atoms in total. The van der Waals surface area contributed by atoms with E-state index in [1.807, 2.05) is 5.38 Å². The molecular formula is C14H20N2O2S. The van der Waals surface area contributed by atoms with Gasteiger partial charge in [-0.2, -0.15) is 0 Å². The third kappa shape index (κ3) is 2.48. The lowest BCUT2D eigenvalue weighted by Crippen LogP contribution is -2.46. The van der Waals surface area contributed by atoms with Crippen molar-refractivity contribution in [2.45, 2.75) is 44.6 Å². The van der Waals surface area contributed by atoms with Gasteiger partial charge in [0.25, 0.3) is 0 Å². The first-order chi connectivity index (χ1) is 9.29. The van der Waals surface area contributed by atoms with Crippen molar-refractivity contribution in [2.75, 3.05) is 18.6 Å². The molecule has 1 saturated carbocycles. The number of ether oxygens (including phenoxy) is 1. The Morgan fingerprint density at radius 1 is 1.37 bits per heavy atom. The van der Waals surface area contributed by atoms with Crippen LogP contribution in [0.4, 0.5) is 5.13 Å². The summed E-state index contributed by atoms with van der Waals surface area (Å²) in [4.78, 5) is 18.4. The summed E-state index contributed by atoms with van der Waals surface area (Å²) in [5, 5.41) is 2.81. The van der Waals surface area contributed by atoms with Crippen LogP contribution in [-0.4, -0.2) is 30.6 Å². The normalized spacial score (nSPS) is 26.9. The summed E-state index contributed by atoms with van der Waals surface area (Å²) >= 11 is 1.57. The summed E-state index contributed by atoms with van der Waals surface area (Å²) in [6, 6.07) is 0.638. The van der Waals surface area contributed by atoms with Crippen molar-refractivity contribution in [3.05, 3.63) is 11.1 Å². The molecule has 0 radical (unpaired) electrons. The SMILES string of the molecule is COC(=O)c1csc(N2CCC[C@H]3CCCC[C@H]32)n1. The van der Waals surface area contributed by atoms with Gasteiger partial charge in [0.1, 0.15) is 0 Å². The molecule has 0 N–H and O–H groups in total. The molecule has 0 spiro atoms. The average molecular weight is 280 g/mol. The highest BCUT2D eigenvalue weighted by Gasteiger charge is 2.34. The molecule has 104 valence electrons. The van der Waals surface area contributed by atoms with Gasteiger partial charge < -0.3 is 9.64 Å². The second-order valence-corrected chi connectivity index (χ2v) is 6.29. The van der Waals surface area contributed by atoms with Gasteiger partial charge in [-0.3, -0.25) is 0 Å². The fraction of sp³-hybridized carbons (Fsp3) is 0.714. The Bertz CT molecular complexity index is 458. The van der Waals surface area contributed by atoms with E-state index in [4.69, 9.17) is 4.74 Å². The van der Waals surface area contributed by atoms with Crippen LogP contribution in [0.15, 0.2) is 5.38 Å². The second-order valence-electron chi connectivity index (χ2n) is 5.45. The van der Waals surface area contributed by atoms with Crippen molar-refractivity contribution < 1.29 is 9.53 Å². The molecule has 0 bridgehead atoms. The van der Waals surface area contributed by atoms with Gasteiger partial charge >= 0.3 is 5.97 Å². The summed E-state index contributed by atoms with van der Waals surface area (Å²) in [7, 11) is 1.40. The molecule has 1 aliphatic carbocycles. The van der Waals surface area contributed by atoms with Crippen molar-refractivity contribution >= 4 is 22.4 Å². The van der Waals surface area contributed by atoms with E-state index in [0.717, 1.165) is 17.6 Å². The number of fused-ring (bicyclic) bond motifs is 1. The molecular weight excluding hydrogens is 260 g/mol. The number of hydrogen-bond acceptors (Lipinski definition) is 5. The van der Waals surface area contributed by atoms with Crippen molar-refractivity contribution in [1.82, 2.24) is 4.98 Å². The zero-order valence-corrected chi connectivity index (χ0v) is 12.1. The number of aromatic nitrogens is 1. The first-order valence-corrected chi connectivity index (χ1v) is 7.98. The van der Waals surface area contributed by atoms with Gasteiger partial charge in [0.2, 0.25) is 0 Å². The number of piperidine rings is 1. The Morgan fingerprint density at radius 2 is 2.16 bits per heavy atom. The summed E-state index contributed by atoms with van der Waals surface area (Å²) in [6.45, 7) is 1.08. The summed E-state index contributed by atoms with van der Waals surface area (Å²) in [5.74, 6) is 0.493. The highest BCUT2D eigenvalue weighted by atomic mass is 32.1. The smallest absolute Gasteiger partial charge is 0.357 e. The Kier molecular flexibility index (Phi) is 3.73. The summed E-state index contributed by atoms with van der Waals surface area (Å²) in [5.41, 5.74) is 0.445. The molecule has 1 aromatic rings. The Labute approximate surface area is 117 Å². The standard InChI is InChI=1S/C14H20N2O2S/c1-18-13(17)11-9-19-14(15-11)16-8-4-6-10-5-2-3-7-12(10)16/h9-10,12H,2-8H2,1H3/t10-,12-/m1/s1. The van der Waals surface area contributed by atoms with Crippen LogP contribution in [0, 0.1) is 5.92 Å². The number of rotatable bonds is 2. The number of hydrogen-bond donors (Lipinski definition) is 0. The number of methoxy groups -OCH3 is 1. The molecule has 2 atom stereocenters. The molecule has 1 aliphatic heterocycles. The van der Waals surface area contributed by atoms with E-state index in [1.165, 1.54) is 45.6 Å². The summed E-state index contributed by atoms with van der Waals surface area (Å²) in [6.07, 6.45) is 7.94. The van der Waals surface area contributed by atoms with E-state index >= 15 is 0 Å². The third-order valence-electron chi connectivity index (χ3n) is 4.38. The van der Waals surface area contributed by atoms with Crippen molar-refractivity contribution in [3.63, 3.8) is 0 Å². The number of carbonyl (C=O) groups excluding carboxylic acids is 1. The zero-order valence-electron chi connectivity index (χ0n) is 11.3. The predicted molar refractivity (Wildman–Crippen MR) is 75.8 cm³/mol. The van der Waals surface area contributed by atoms with Crippen LogP contribution in [0.2, 0.25) is 0 Å². The largest absolute Gasteiger partial charge is 0.464 e. The van der Waals surface area contributed by atoms with Gasteiger partial charge in [0, 0.05) is 18.0 Å². The molecule has 1 aromatic heterocycles. The molecule has 2 heterocycles. The maximum absolute atomic E-state index is 11.5. The molecule has 2 aliphatic rings. The van der Waals surface area contributed by atoms with E-state index in [0.29, 0.717) is 11.7 Å². The van der Waals surface area contributed by atoms with E-state index in [1.54, 1.807) is 11.3 Å². The van der Waals surface area contributed by atoms with Crippen LogP contribution in [0.1, 0.15) is 49.0 Å². The van der Waals surface area contributed by atoms with Crippen LogP contribution in [0.25, 0.3) is 0 Å². The number of anilines is 1. The minimum Gasteiger partial charge on any atom is -0.464 e. The molecule has 1 saturated heterocycles. The zero-order chi connectivity index (χ0) is 13.2. The lowest BCUT2D eigenvalue weighted by Gasteiger charge is -2.44. The fourth-order valence-electron chi connectivity index (χ4n) is 3.46. The summed E-state index contributed by atoms with van der Waals surface area (Å²) < 4.78 is 4.73. The van der Waals surface area contributed by atoms with E-state index in [2.05, 4.69) is 9.88 Å². The van der Waals surface area contributed by atoms with Crippen LogP contribution < -0.4 is 4.90 Å². The van der Waals surface area contributed by atoms with Gasteiger partial charge in [0.05, 0.1) is 7.11 Å². The first-order valence-electron chi connectivity index (χ1n) is 7.10. The molecule has 19 heavy (non-hydrogen) atoms. The number of esters is 1. The highest BCUT2D eigenvalue weighted by Crippen LogP contribution is 2.38. The van der Waals surface area contributed by atoms with E-state index in [9.17, 15) is 4.79 Å². The van der Waals surface area contributed by atoms with Crippen LogP contribution in [-0.2, 0) is 4.74 Å². The third-order valence-corrected chi connectivity index (χ3v) is 5.25. The fourth-order valence-corrected chi connectivity index (χ4v) is 4.34. The topological polar surface area (TPSA) is 42.4 Å². The number of thiazole rings is 1. The Balaban J connectivity index is 1.80. The van der Waals surface area contributed by atoms with Gasteiger partial charge in [0.15, 0.2) is 10.8 Å². The maximum Gasteiger partial charge on any atom is 0.357 e. The van der Waals surface area contributed by atoms with Crippen LogP contribution >= 0.6 is 11.3 Å². The van der Waals surface area contributed by atoms with Gasteiger partial charge in [-0.25, -0.2) is 9.78 Å². The monoisotopic (exact) mass is 280 g/mol.